The molecule has 0 radical (unpaired) electrons. The first kappa shape index (κ1) is 22.9. The minimum Gasteiger partial charge on any atom is -0.507 e. The average Bonchev–Trinajstić information content (AvgIpc) is 2.67. The molecule has 2 aromatic rings. The van der Waals surface area contributed by atoms with Gasteiger partial charge in [-0.05, 0) is 42.9 Å². The van der Waals surface area contributed by atoms with Gasteiger partial charge in [-0.25, -0.2) is 15.0 Å². The number of phenolic OH excluding ortho intramolecular Hbond substituents is 1. The summed E-state index contributed by atoms with van der Waals surface area (Å²) in [4.78, 5) is 8.02. The van der Waals surface area contributed by atoms with E-state index in [0.29, 0.717) is 40.9 Å². The van der Waals surface area contributed by atoms with E-state index >= 15 is 0 Å². The molecule has 0 aliphatic rings. The summed E-state index contributed by atoms with van der Waals surface area (Å²) in [5.74, 6) is 0.892. The number of allylic oxidation sites excluding steroid dienone is 2. The van der Waals surface area contributed by atoms with Gasteiger partial charge in [-0.3, -0.25) is 4.98 Å². The average molecular weight is 419 g/mol. The van der Waals surface area contributed by atoms with Crippen molar-refractivity contribution in [1.82, 2.24) is 9.97 Å². The Hall–Kier alpha value is -2.37. The van der Waals surface area contributed by atoms with Crippen LogP contribution < -0.4 is 10.0 Å². The third-order valence-electron chi connectivity index (χ3n) is 4.29. The molecule has 1 heterocycles. The van der Waals surface area contributed by atoms with E-state index in [0.717, 1.165) is 0 Å². The van der Waals surface area contributed by atoms with Gasteiger partial charge in [0.2, 0.25) is 0 Å². The minimum absolute atomic E-state index is 0.207. The summed E-state index contributed by atoms with van der Waals surface area (Å²) >= 11 is 0. The molecule has 0 spiro atoms. The van der Waals surface area contributed by atoms with E-state index in [1.165, 1.54) is 18.6 Å². The number of nitrogens with zero attached hydrogens (tertiary/aromatic N) is 2. The minimum atomic E-state index is -3.74. The van der Waals surface area contributed by atoms with Gasteiger partial charge >= 0.3 is 7.60 Å². The number of nitrogens with one attached hydrogen (secondary N) is 1. The first-order valence-corrected chi connectivity index (χ1v) is 11.2. The van der Waals surface area contributed by atoms with Crippen molar-refractivity contribution in [2.75, 3.05) is 5.48 Å². The molecule has 2 N–H and O–H groups in total. The van der Waals surface area contributed by atoms with E-state index in [9.17, 15) is 9.67 Å². The number of rotatable bonds is 8. The summed E-state index contributed by atoms with van der Waals surface area (Å²) in [6.45, 7) is 11.6. The topological polar surface area (TPSA) is 93.6 Å². The standard InChI is InChI=1S/C21H30N3O4P/c1-7-9-17(8-2)29(26,28-24-19-14-22-10-11-23-19)27-16-12-15(3)20(25)18(13-16)21(4,5)6/h9-14,25H,7-8H2,1-6H3,(H,23,24)/b17-9+. The Labute approximate surface area is 172 Å². The van der Waals surface area contributed by atoms with Crippen molar-refractivity contribution >= 4 is 13.4 Å². The van der Waals surface area contributed by atoms with Crippen molar-refractivity contribution in [3.8, 4) is 11.5 Å². The zero-order valence-corrected chi connectivity index (χ0v) is 18.8. The largest absolute Gasteiger partial charge is 0.507 e. The summed E-state index contributed by atoms with van der Waals surface area (Å²) in [5.41, 5.74) is 3.63. The Morgan fingerprint density at radius 3 is 2.55 bits per heavy atom. The van der Waals surface area contributed by atoms with E-state index in [4.69, 9.17) is 9.15 Å². The van der Waals surface area contributed by atoms with Gasteiger partial charge in [0.1, 0.15) is 11.5 Å². The third kappa shape index (κ3) is 5.81. The van der Waals surface area contributed by atoms with Crippen LogP contribution in [0.3, 0.4) is 0 Å². The number of aromatic nitrogens is 2. The maximum absolute atomic E-state index is 13.7. The van der Waals surface area contributed by atoms with E-state index in [1.807, 2.05) is 40.7 Å². The lowest BCUT2D eigenvalue weighted by atomic mass is 9.85. The van der Waals surface area contributed by atoms with Gasteiger partial charge in [0, 0.05) is 18.0 Å². The number of hydrogen-bond acceptors (Lipinski definition) is 7. The number of benzene rings is 1. The van der Waals surface area contributed by atoms with Gasteiger partial charge in [-0.15, -0.1) is 0 Å². The fraction of sp³-hybridized carbons (Fsp3) is 0.429. The Kier molecular flexibility index (Phi) is 7.44. The lowest BCUT2D eigenvalue weighted by Gasteiger charge is -2.25. The summed E-state index contributed by atoms with van der Waals surface area (Å²) in [7, 11) is -3.74. The smallest absolute Gasteiger partial charge is 0.427 e. The first-order chi connectivity index (χ1) is 13.6. The van der Waals surface area contributed by atoms with Crippen LogP contribution in [-0.2, 0) is 14.6 Å². The normalized spacial score (nSPS) is 14.3. The molecule has 1 aromatic heterocycles. The van der Waals surface area contributed by atoms with E-state index in [-0.39, 0.29) is 11.2 Å². The summed E-state index contributed by atoms with van der Waals surface area (Å²) in [5, 5.41) is 11.0. The number of aryl methyl sites for hydroxylation is 1. The Morgan fingerprint density at radius 1 is 1.28 bits per heavy atom. The molecule has 0 aliphatic carbocycles. The molecule has 8 heteroatoms. The fourth-order valence-electron chi connectivity index (χ4n) is 2.79. The molecule has 7 nitrogen and oxygen atoms in total. The van der Waals surface area contributed by atoms with Crippen LogP contribution in [0.2, 0.25) is 0 Å². The van der Waals surface area contributed by atoms with Crippen molar-refractivity contribution < 1.29 is 18.8 Å². The lowest BCUT2D eigenvalue weighted by molar-refractivity contribution is 0.321. The highest BCUT2D eigenvalue weighted by molar-refractivity contribution is 7.58. The molecular weight excluding hydrogens is 389 g/mol. The number of aromatic hydroxyl groups is 1. The van der Waals surface area contributed by atoms with Crippen LogP contribution in [0.5, 0.6) is 11.5 Å². The van der Waals surface area contributed by atoms with Crippen LogP contribution >= 0.6 is 7.60 Å². The van der Waals surface area contributed by atoms with E-state index in [1.54, 1.807) is 19.1 Å². The molecule has 0 saturated heterocycles. The van der Waals surface area contributed by atoms with Crippen LogP contribution in [-0.4, -0.2) is 15.1 Å². The Morgan fingerprint density at radius 2 is 2.00 bits per heavy atom. The van der Waals surface area contributed by atoms with E-state index < -0.39 is 7.60 Å². The van der Waals surface area contributed by atoms with Gasteiger partial charge in [0.05, 0.1) is 11.5 Å². The predicted octanol–water partition coefficient (Wildman–Crippen LogP) is 6.11. The molecule has 0 fully saturated rings. The molecule has 2 rings (SSSR count). The Balaban J connectivity index is 2.43. The van der Waals surface area contributed by atoms with Crippen molar-refractivity contribution in [2.24, 2.45) is 0 Å². The van der Waals surface area contributed by atoms with Crippen LogP contribution in [0.25, 0.3) is 0 Å². The SMILES string of the molecule is CC/C=C(\CC)P(=O)(ONc1cnccn1)Oc1cc(C)c(O)c(C(C)(C)C)c1. The highest BCUT2D eigenvalue weighted by Gasteiger charge is 2.33. The predicted molar refractivity (Wildman–Crippen MR) is 115 cm³/mol. The molecule has 1 atom stereocenters. The highest BCUT2D eigenvalue weighted by atomic mass is 31.2. The monoisotopic (exact) mass is 419 g/mol. The van der Waals surface area contributed by atoms with Crippen molar-refractivity contribution in [3.05, 3.63) is 53.2 Å². The molecule has 158 valence electrons. The van der Waals surface area contributed by atoms with Crippen LogP contribution in [0.4, 0.5) is 5.82 Å². The summed E-state index contributed by atoms with van der Waals surface area (Å²) < 4.78 is 25.3. The molecule has 0 saturated carbocycles. The van der Waals surface area contributed by atoms with Crippen molar-refractivity contribution in [3.63, 3.8) is 0 Å². The fourth-order valence-corrected chi connectivity index (χ4v) is 4.45. The third-order valence-corrected chi connectivity index (χ3v) is 6.28. The van der Waals surface area contributed by atoms with Crippen molar-refractivity contribution in [1.29, 1.82) is 0 Å². The molecule has 0 aliphatic heterocycles. The second-order valence-corrected chi connectivity index (χ2v) is 9.65. The van der Waals surface area contributed by atoms with Gasteiger partial charge < -0.3 is 9.63 Å². The second kappa shape index (κ2) is 9.42. The number of anilines is 1. The highest BCUT2D eigenvalue weighted by Crippen LogP contribution is 2.57. The van der Waals surface area contributed by atoms with Crippen LogP contribution in [0, 0.1) is 6.92 Å². The lowest BCUT2D eigenvalue weighted by Crippen LogP contribution is -2.13. The zero-order valence-electron chi connectivity index (χ0n) is 17.9. The van der Waals surface area contributed by atoms with Crippen LogP contribution in [0.1, 0.15) is 58.6 Å². The molecule has 29 heavy (non-hydrogen) atoms. The first-order valence-electron chi connectivity index (χ1n) is 9.64. The maximum Gasteiger partial charge on any atom is 0.427 e. The van der Waals surface area contributed by atoms with E-state index in [2.05, 4.69) is 15.4 Å². The maximum atomic E-state index is 13.7. The number of hydrogen-bond donors (Lipinski definition) is 2. The molecule has 0 amide bonds. The number of phenols is 1. The zero-order chi connectivity index (χ0) is 21.7. The second-order valence-electron chi connectivity index (χ2n) is 7.72. The quantitative estimate of drug-likeness (QED) is 0.394. The summed E-state index contributed by atoms with van der Waals surface area (Å²) in [6.07, 6.45) is 7.52. The van der Waals surface area contributed by atoms with Gasteiger partial charge in [-0.2, -0.15) is 4.62 Å². The van der Waals surface area contributed by atoms with Gasteiger partial charge in [0.25, 0.3) is 0 Å². The van der Waals surface area contributed by atoms with Gasteiger partial charge in [0.15, 0.2) is 5.82 Å². The molecule has 1 unspecified atom stereocenters. The molecule has 0 bridgehead atoms. The summed E-state index contributed by atoms with van der Waals surface area (Å²) in [6, 6.07) is 3.36. The molecular formula is C21H30N3O4P. The van der Waals surface area contributed by atoms with Crippen LogP contribution in [0.15, 0.2) is 42.1 Å². The Bertz CT molecular complexity index is 908. The van der Waals surface area contributed by atoms with Gasteiger partial charge in [-0.1, -0.05) is 40.7 Å². The van der Waals surface area contributed by atoms with Crippen molar-refractivity contribution in [2.45, 2.75) is 59.8 Å². The molecule has 1 aromatic carbocycles.